The largest absolute Gasteiger partial charge is 0.491 e. The molecule has 0 aliphatic rings. The number of anilines is 1. The highest BCUT2D eigenvalue weighted by atomic mass is 16.5. The number of likely N-dealkylation sites (N-methyl/N-ethyl adjacent to an activating group) is 1. The standard InChI is InChI=1S/C18H23N5O2/c1-4-13-5-7-15(8-6-13)25-11-14(24)10-22(2)17-16-9-21-23(3)18(16)20-12-19-17/h5-9,12,14,24H,4,10-11H2,1-3H3. The van der Waals surface area contributed by atoms with Crippen LogP contribution in [0.15, 0.2) is 36.8 Å². The third-order valence-corrected chi connectivity index (χ3v) is 4.13. The predicted octanol–water partition coefficient (Wildman–Crippen LogP) is 1.80. The number of hydrogen-bond acceptors (Lipinski definition) is 6. The Labute approximate surface area is 146 Å². The fourth-order valence-electron chi connectivity index (χ4n) is 2.72. The van der Waals surface area contributed by atoms with Crippen LogP contribution in [0.25, 0.3) is 11.0 Å². The molecule has 0 saturated heterocycles. The molecule has 0 aliphatic carbocycles. The molecule has 1 aromatic carbocycles. The number of fused-ring (bicyclic) bond motifs is 1. The van der Waals surface area contributed by atoms with Crippen molar-refractivity contribution >= 4 is 16.9 Å². The van der Waals surface area contributed by atoms with Crippen LogP contribution in [0, 0.1) is 0 Å². The van der Waals surface area contributed by atoms with Gasteiger partial charge in [-0.2, -0.15) is 5.10 Å². The number of rotatable bonds is 7. The molecule has 25 heavy (non-hydrogen) atoms. The average molecular weight is 341 g/mol. The predicted molar refractivity (Wildman–Crippen MR) is 96.9 cm³/mol. The average Bonchev–Trinajstić information content (AvgIpc) is 3.01. The summed E-state index contributed by atoms with van der Waals surface area (Å²) in [7, 11) is 3.72. The van der Waals surface area contributed by atoms with Crippen LogP contribution in [0.5, 0.6) is 5.75 Å². The van der Waals surface area contributed by atoms with Gasteiger partial charge in [-0.3, -0.25) is 4.68 Å². The molecule has 0 spiro atoms. The van der Waals surface area contributed by atoms with Crippen LogP contribution >= 0.6 is 0 Å². The van der Waals surface area contributed by atoms with Crippen molar-refractivity contribution in [3.63, 3.8) is 0 Å². The molecule has 3 rings (SSSR count). The molecular formula is C18H23N5O2. The highest BCUT2D eigenvalue weighted by Gasteiger charge is 2.15. The molecule has 3 aromatic rings. The van der Waals surface area contributed by atoms with Crippen LogP contribution in [0.4, 0.5) is 5.82 Å². The maximum atomic E-state index is 10.3. The van der Waals surface area contributed by atoms with Crippen molar-refractivity contribution in [2.75, 3.05) is 25.1 Å². The summed E-state index contributed by atoms with van der Waals surface area (Å²) in [5.41, 5.74) is 2.02. The van der Waals surface area contributed by atoms with Gasteiger partial charge in [-0.1, -0.05) is 19.1 Å². The van der Waals surface area contributed by atoms with E-state index in [9.17, 15) is 5.11 Å². The molecule has 0 radical (unpaired) electrons. The second-order valence-electron chi connectivity index (χ2n) is 6.05. The second-order valence-corrected chi connectivity index (χ2v) is 6.05. The third-order valence-electron chi connectivity index (χ3n) is 4.13. The van der Waals surface area contributed by atoms with Crippen molar-refractivity contribution < 1.29 is 9.84 Å². The van der Waals surface area contributed by atoms with Gasteiger partial charge in [0.2, 0.25) is 0 Å². The van der Waals surface area contributed by atoms with E-state index in [1.165, 1.54) is 11.9 Å². The number of aromatic nitrogens is 4. The Kier molecular flexibility index (Phi) is 5.14. The molecule has 1 unspecified atom stereocenters. The Morgan fingerprint density at radius 1 is 1.24 bits per heavy atom. The lowest BCUT2D eigenvalue weighted by Gasteiger charge is -2.22. The molecule has 7 nitrogen and oxygen atoms in total. The fourth-order valence-corrected chi connectivity index (χ4v) is 2.72. The van der Waals surface area contributed by atoms with Gasteiger partial charge in [0.25, 0.3) is 0 Å². The first-order valence-electron chi connectivity index (χ1n) is 8.32. The summed E-state index contributed by atoms with van der Waals surface area (Å²) in [4.78, 5) is 10.4. The number of ether oxygens (including phenoxy) is 1. The summed E-state index contributed by atoms with van der Waals surface area (Å²) < 4.78 is 7.37. The Hall–Kier alpha value is -2.67. The summed E-state index contributed by atoms with van der Waals surface area (Å²) in [5, 5.41) is 15.4. The second kappa shape index (κ2) is 7.48. The van der Waals surface area contributed by atoms with Crippen molar-refractivity contribution in [3.05, 3.63) is 42.4 Å². The molecule has 0 amide bonds. The van der Waals surface area contributed by atoms with Crippen LogP contribution in [-0.2, 0) is 13.5 Å². The van der Waals surface area contributed by atoms with Crippen molar-refractivity contribution in [2.24, 2.45) is 7.05 Å². The highest BCUT2D eigenvalue weighted by molar-refractivity contribution is 5.86. The molecular weight excluding hydrogens is 318 g/mol. The smallest absolute Gasteiger partial charge is 0.163 e. The molecule has 2 heterocycles. The van der Waals surface area contributed by atoms with Crippen molar-refractivity contribution in [1.29, 1.82) is 0 Å². The summed E-state index contributed by atoms with van der Waals surface area (Å²) in [6, 6.07) is 7.93. The van der Waals surface area contributed by atoms with E-state index in [1.54, 1.807) is 10.9 Å². The summed E-state index contributed by atoms with van der Waals surface area (Å²) in [5.74, 6) is 1.50. The van der Waals surface area contributed by atoms with E-state index in [4.69, 9.17) is 4.74 Å². The quantitative estimate of drug-likeness (QED) is 0.706. The minimum Gasteiger partial charge on any atom is -0.491 e. The lowest BCUT2D eigenvalue weighted by atomic mass is 10.2. The fraction of sp³-hybridized carbons (Fsp3) is 0.389. The van der Waals surface area contributed by atoms with Gasteiger partial charge in [-0.15, -0.1) is 0 Å². The zero-order chi connectivity index (χ0) is 17.8. The number of hydrogen-bond donors (Lipinski definition) is 1. The Bertz CT molecular complexity index is 831. The van der Waals surface area contributed by atoms with Gasteiger partial charge in [-0.25, -0.2) is 9.97 Å². The van der Waals surface area contributed by atoms with E-state index >= 15 is 0 Å². The first-order chi connectivity index (χ1) is 12.1. The molecule has 0 fully saturated rings. The normalized spacial score (nSPS) is 12.3. The van der Waals surface area contributed by atoms with Crippen molar-refractivity contribution in [2.45, 2.75) is 19.4 Å². The zero-order valence-corrected chi connectivity index (χ0v) is 14.8. The minimum atomic E-state index is -0.641. The molecule has 7 heteroatoms. The van der Waals surface area contributed by atoms with E-state index in [-0.39, 0.29) is 6.61 Å². The summed E-state index contributed by atoms with van der Waals surface area (Å²) >= 11 is 0. The van der Waals surface area contributed by atoms with Gasteiger partial charge in [-0.05, 0) is 24.1 Å². The van der Waals surface area contributed by atoms with Crippen LogP contribution in [-0.4, -0.2) is 51.2 Å². The number of benzene rings is 1. The van der Waals surface area contributed by atoms with Gasteiger partial charge >= 0.3 is 0 Å². The molecule has 0 saturated carbocycles. The maximum absolute atomic E-state index is 10.3. The van der Waals surface area contributed by atoms with Crippen molar-refractivity contribution in [3.8, 4) is 5.75 Å². The molecule has 2 aromatic heterocycles. The van der Waals surface area contributed by atoms with Crippen molar-refractivity contribution in [1.82, 2.24) is 19.7 Å². The molecule has 0 aliphatic heterocycles. The third kappa shape index (κ3) is 3.88. The zero-order valence-electron chi connectivity index (χ0n) is 14.8. The number of aliphatic hydroxyl groups excluding tert-OH is 1. The monoisotopic (exact) mass is 341 g/mol. The van der Waals surface area contributed by atoms with E-state index in [0.717, 1.165) is 29.0 Å². The number of nitrogens with zero attached hydrogens (tertiary/aromatic N) is 5. The minimum absolute atomic E-state index is 0.219. The van der Waals surface area contributed by atoms with Crippen LogP contribution < -0.4 is 9.64 Å². The van der Waals surface area contributed by atoms with E-state index < -0.39 is 6.10 Å². The van der Waals surface area contributed by atoms with Gasteiger partial charge in [0, 0.05) is 20.6 Å². The Balaban J connectivity index is 1.60. The summed E-state index contributed by atoms with van der Waals surface area (Å²) in [6.07, 6.45) is 3.60. The van der Waals surface area contributed by atoms with Gasteiger partial charge < -0.3 is 14.7 Å². The SMILES string of the molecule is CCc1ccc(OCC(O)CN(C)c2ncnc3c2cnn3C)cc1. The van der Waals surface area contributed by atoms with Gasteiger partial charge in [0.1, 0.15) is 30.6 Å². The Morgan fingerprint density at radius 2 is 2.00 bits per heavy atom. The molecule has 0 bridgehead atoms. The van der Waals surface area contributed by atoms with E-state index in [2.05, 4.69) is 22.0 Å². The number of aliphatic hydroxyl groups is 1. The van der Waals surface area contributed by atoms with Gasteiger partial charge in [0.15, 0.2) is 5.65 Å². The topological polar surface area (TPSA) is 76.3 Å². The maximum Gasteiger partial charge on any atom is 0.163 e. The van der Waals surface area contributed by atoms with Crippen LogP contribution in [0.2, 0.25) is 0 Å². The summed E-state index contributed by atoms with van der Waals surface area (Å²) in [6.45, 7) is 2.73. The molecule has 1 atom stereocenters. The van der Waals surface area contributed by atoms with E-state index in [1.807, 2.05) is 43.3 Å². The molecule has 132 valence electrons. The first-order valence-corrected chi connectivity index (χ1v) is 8.32. The lowest BCUT2D eigenvalue weighted by molar-refractivity contribution is 0.113. The van der Waals surface area contributed by atoms with Crippen LogP contribution in [0.3, 0.4) is 0 Å². The lowest BCUT2D eigenvalue weighted by Crippen LogP contribution is -2.33. The number of aryl methyl sites for hydroxylation is 2. The highest BCUT2D eigenvalue weighted by Crippen LogP contribution is 2.21. The van der Waals surface area contributed by atoms with Gasteiger partial charge in [0.05, 0.1) is 11.6 Å². The molecule has 1 N–H and O–H groups in total. The first kappa shape index (κ1) is 17.2. The Morgan fingerprint density at radius 3 is 2.72 bits per heavy atom. The van der Waals surface area contributed by atoms with E-state index in [0.29, 0.717) is 6.54 Å². The van der Waals surface area contributed by atoms with Crippen LogP contribution in [0.1, 0.15) is 12.5 Å².